The molecule has 2 aromatic heterocycles. The molecule has 1 atom stereocenters. The predicted octanol–water partition coefficient (Wildman–Crippen LogP) is 3.59. The fourth-order valence-corrected chi connectivity index (χ4v) is 3.36. The average Bonchev–Trinajstić information content (AvgIpc) is 3.18. The first-order valence-corrected chi connectivity index (χ1v) is 9.48. The van der Waals surface area contributed by atoms with Crippen molar-refractivity contribution in [1.82, 2.24) is 25.1 Å². The van der Waals surface area contributed by atoms with Crippen LogP contribution in [0.5, 0.6) is 0 Å². The van der Waals surface area contributed by atoms with Crippen molar-refractivity contribution >= 4 is 17.7 Å². The smallest absolute Gasteiger partial charge is 0.408 e. The summed E-state index contributed by atoms with van der Waals surface area (Å²) in [5, 5.41) is 10.5. The largest absolute Gasteiger partial charge is 0.442 e. The number of hydrogen-bond donors (Lipinski definition) is 2. The number of nitrogens with zero attached hydrogens (tertiary/aromatic N) is 4. The second kappa shape index (κ2) is 7.20. The highest BCUT2D eigenvalue weighted by molar-refractivity contribution is 5.71. The molecule has 1 aliphatic heterocycles. The molecule has 0 bridgehead atoms. The summed E-state index contributed by atoms with van der Waals surface area (Å²) < 4.78 is 7.18. The number of hydrogen-bond acceptors (Lipinski definition) is 6. The van der Waals surface area contributed by atoms with Gasteiger partial charge in [0.15, 0.2) is 0 Å². The predicted molar refractivity (Wildman–Crippen MR) is 110 cm³/mol. The number of aryl methyl sites for hydroxylation is 2. The molecule has 150 valence electrons. The van der Waals surface area contributed by atoms with Crippen LogP contribution in [0.2, 0.25) is 0 Å². The van der Waals surface area contributed by atoms with Gasteiger partial charge in [-0.3, -0.25) is 4.68 Å². The summed E-state index contributed by atoms with van der Waals surface area (Å²) in [6.45, 7) is 8.35. The number of benzene rings is 1. The minimum absolute atomic E-state index is 0.282. The van der Waals surface area contributed by atoms with E-state index in [0.717, 1.165) is 28.1 Å². The van der Waals surface area contributed by atoms with E-state index in [1.165, 1.54) is 0 Å². The van der Waals surface area contributed by atoms with E-state index in [1.807, 2.05) is 58.3 Å². The summed E-state index contributed by atoms with van der Waals surface area (Å²) in [6, 6.07) is 8.05. The number of carbonyl (C=O) groups excluding carboxylic acids is 1. The van der Waals surface area contributed by atoms with E-state index in [0.29, 0.717) is 12.5 Å². The van der Waals surface area contributed by atoms with Gasteiger partial charge in [0.25, 0.3) is 0 Å². The molecular formula is C21H24N6O2. The van der Waals surface area contributed by atoms with Crippen LogP contribution in [-0.4, -0.2) is 37.5 Å². The Morgan fingerprint density at radius 1 is 1.24 bits per heavy atom. The van der Waals surface area contributed by atoms with Crippen LogP contribution >= 0.6 is 0 Å². The van der Waals surface area contributed by atoms with Crippen molar-refractivity contribution < 1.29 is 9.53 Å². The number of anilines is 2. The molecule has 3 heterocycles. The van der Waals surface area contributed by atoms with Crippen LogP contribution in [-0.2, 0) is 11.3 Å². The van der Waals surface area contributed by atoms with Crippen molar-refractivity contribution in [3.8, 4) is 11.1 Å². The number of alkyl carbamates (subject to hydrolysis) is 1. The minimum Gasteiger partial charge on any atom is -0.442 e. The third-order valence-corrected chi connectivity index (χ3v) is 4.93. The summed E-state index contributed by atoms with van der Waals surface area (Å²) in [5.74, 6) is 0.565. The highest BCUT2D eigenvalue weighted by atomic mass is 16.6. The molecule has 0 saturated carbocycles. The molecule has 0 unspecified atom stereocenters. The van der Waals surface area contributed by atoms with Gasteiger partial charge >= 0.3 is 6.09 Å². The lowest BCUT2D eigenvalue weighted by Crippen LogP contribution is -2.44. The van der Waals surface area contributed by atoms with Gasteiger partial charge in [-0.25, -0.2) is 14.8 Å². The first-order valence-electron chi connectivity index (χ1n) is 9.48. The summed E-state index contributed by atoms with van der Waals surface area (Å²) in [7, 11) is 0. The molecule has 0 spiro atoms. The molecule has 4 rings (SSSR count). The van der Waals surface area contributed by atoms with E-state index in [1.54, 1.807) is 10.9 Å². The van der Waals surface area contributed by atoms with Gasteiger partial charge in [-0.1, -0.05) is 6.07 Å². The SMILES string of the molecule is Cc1cc(Nc2nccc(C)n2)cc(-c2cnn(C[C@H]3OC(=O)NC3(C)C)c2)c1. The average molecular weight is 392 g/mol. The van der Waals surface area contributed by atoms with E-state index in [9.17, 15) is 4.79 Å². The van der Waals surface area contributed by atoms with Crippen LogP contribution in [0.1, 0.15) is 25.1 Å². The van der Waals surface area contributed by atoms with E-state index in [2.05, 4.69) is 31.8 Å². The molecule has 29 heavy (non-hydrogen) atoms. The number of carbonyl (C=O) groups is 1. The van der Waals surface area contributed by atoms with Gasteiger partial charge < -0.3 is 15.4 Å². The van der Waals surface area contributed by atoms with Gasteiger partial charge in [0.05, 0.1) is 18.3 Å². The van der Waals surface area contributed by atoms with Crippen molar-refractivity contribution in [2.45, 2.75) is 45.9 Å². The van der Waals surface area contributed by atoms with E-state index in [4.69, 9.17) is 4.74 Å². The van der Waals surface area contributed by atoms with Crippen LogP contribution in [0.3, 0.4) is 0 Å². The maximum atomic E-state index is 11.6. The lowest BCUT2D eigenvalue weighted by Gasteiger charge is -2.23. The molecular weight excluding hydrogens is 368 g/mol. The Morgan fingerprint density at radius 2 is 2.07 bits per heavy atom. The Labute approximate surface area is 169 Å². The second-order valence-corrected chi connectivity index (χ2v) is 7.93. The normalized spacial score (nSPS) is 17.7. The van der Waals surface area contributed by atoms with E-state index in [-0.39, 0.29) is 12.2 Å². The van der Waals surface area contributed by atoms with Crippen molar-refractivity contribution in [2.24, 2.45) is 0 Å². The molecule has 1 aromatic carbocycles. The Kier molecular flexibility index (Phi) is 4.70. The van der Waals surface area contributed by atoms with Crippen LogP contribution in [0.4, 0.5) is 16.4 Å². The molecule has 2 N–H and O–H groups in total. The lowest BCUT2D eigenvalue weighted by atomic mass is 9.99. The van der Waals surface area contributed by atoms with Gasteiger partial charge in [-0.05, 0) is 57.0 Å². The zero-order valence-electron chi connectivity index (χ0n) is 16.9. The van der Waals surface area contributed by atoms with Gasteiger partial charge in [0.2, 0.25) is 5.95 Å². The first kappa shape index (κ1) is 18.9. The molecule has 8 heteroatoms. The summed E-state index contributed by atoms with van der Waals surface area (Å²) in [4.78, 5) is 20.2. The molecule has 3 aromatic rings. The number of cyclic esters (lactones) is 1. The summed E-state index contributed by atoms with van der Waals surface area (Å²) in [6.07, 6.45) is 4.84. The quantitative estimate of drug-likeness (QED) is 0.689. The van der Waals surface area contributed by atoms with Crippen LogP contribution < -0.4 is 10.6 Å². The molecule has 8 nitrogen and oxygen atoms in total. The fourth-order valence-electron chi connectivity index (χ4n) is 3.36. The van der Waals surface area contributed by atoms with E-state index < -0.39 is 5.54 Å². The standard InChI is InChI=1S/C21H24N6O2/c1-13-7-15(9-17(8-13)25-19-22-6-5-14(2)24-19)16-10-23-27(11-16)12-18-21(3,4)26-20(28)29-18/h5-11,18H,12H2,1-4H3,(H,26,28)(H,22,24,25)/t18-/m1/s1. The van der Waals surface area contributed by atoms with Crippen LogP contribution in [0, 0.1) is 13.8 Å². The van der Waals surface area contributed by atoms with E-state index >= 15 is 0 Å². The Bertz CT molecular complexity index is 1060. The third-order valence-electron chi connectivity index (χ3n) is 4.93. The Balaban J connectivity index is 1.55. The molecule has 0 aliphatic carbocycles. The molecule has 0 radical (unpaired) electrons. The molecule has 1 saturated heterocycles. The highest BCUT2D eigenvalue weighted by Gasteiger charge is 2.41. The van der Waals surface area contributed by atoms with Crippen LogP contribution in [0.15, 0.2) is 42.9 Å². The van der Waals surface area contributed by atoms with Crippen molar-refractivity contribution in [2.75, 3.05) is 5.32 Å². The summed E-state index contributed by atoms with van der Waals surface area (Å²) >= 11 is 0. The van der Waals surface area contributed by atoms with Gasteiger partial charge in [0.1, 0.15) is 6.10 Å². The first-order chi connectivity index (χ1) is 13.8. The number of nitrogens with one attached hydrogen (secondary N) is 2. The zero-order chi connectivity index (χ0) is 20.6. The number of amides is 1. The fraction of sp³-hybridized carbons (Fsp3) is 0.333. The molecule has 1 aliphatic rings. The monoisotopic (exact) mass is 392 g/mol. The molecule has 1 amide bonds. The van der Waals surface area contributed by atoms with Crippen molar-refractivity contribution in [3.63, 3.8) is 0 Å². The molecule has 1 fully saturated rings. The number of rotatable bonds is 5. The van der Waals surface area contributed by atoms with Crippen LogP contribution in [0.25, 0.3) is 11.1 Å². The second-order valence-electron chi connectivity index (χ2n) is 7.93. The summed E-state index contributed by atoms with van der Waals surface area (Å²) in [5.41, 5.74) is 4.51. The van der Waals surface area contributed by atoms with Gasteiger partial charge in [-0.15, -0.1) is 0 Å². The maximum absolute atomic E-state index is 11.6. The highest BCUT2D eigenvalue weighted by Crippen LogP contribution is 2.27. The van der Waals surface area contributed by atoms with Crippen molar-refractivity contribution in [3.05, 3.63) is 54.1 Å². The lowest BCUT2D eigenvalue weighted by molar-refractivity contribution is 0.101. The van der Waals surface area contributed by atoms with Gasteiger partial charge in [-0.2, -0.15) is 5.10 Å². The minimum atomic E-state index is -0.433. The number of ether oxygens (including phenoxy) is 1. The Hall–Kier alpha value is -3.42. The zero-order valence-corrected chi connectivity index (χ0v) is 16.9. The third kappa shape index (κ3) is 4.21. The number of aromatic nitrogens is 4. The van der Waals surface area contributed by atoms with Gasteiger partial charge in [0, 0.05) is 29.3 Å². The van der Waals surface area contributed by atoms with Crippen molar-refractivity contribution in [1.29, 1.82) is 0 Å². The Morgan fingerprint density at radius 3 is 2.79 bits per heavy atom. The topological polar surface area (TPSA) is 94.0 Å². The maximum Gasteiger partial charge on any atom is 0.408 e.